The molecule has 0 amide bonds. The van der Waals surface area contributed by atoms with Crippen LogP contribution in [0.2, 0.25) is 0 Å². The van der Waals surface area contributed by atoms with Gasteiger partial charge in [-0.3, -0.25) is 9.78 Å². The van der Waals surface area contributed by atoms with Gasteiger partial charge in [0.15, 0.2) is 5.78 Å². The number of ketones is 1. The van der Waals surface area contributed by atoms with E-state index in [0.29, 0.717) is 5.92 Å². The van der Waals surface area contributed by atoms with Gasteiger partial charge in [-0.2, -0.15) is 11.3 Å². The molecule has 0 spiro atoms. The van der Waals surface area contributed by atoms with E-state index >= 15 is 0 Å². The number of benzene rings is 2. The zero-order valence-electron chi connectivity index (χ0n) is 33.1. The molecular weight excluding hydrogens is 859 g/mol. The third kappa shape index (κ3) is 7.99. The molecule has 6 rings (SSSR count). The van der Waals surface area contributed by atoms with Crippen LogP contribution in [-0.2, 0) is 36.7 Å². The van der Waals surface area contributed by atoms with E-state index in [9.17, 15) is 9.90 Å². The van der Waals surface area contributed by atoms with Crippen molar-refractivity contribution in [2.24, 2.45) is 16.7 Å². The predicted molar refractivity (Wildman–Crippen MR) is 222 cm³/mol. The third-order valence-electron chi connectivity index (χ3n) is 11.2. The molecule has 0 fully saturated rings. The maximum absolute atomic E-state index is 12.2. The first-order chi connectivity index (χ1) is 24.0. The monoisotopic (exact) mass is 915 g/mol. The number of furan rings is 1. The van der Waals surface area contributed by atoms with E-state index in [2.05, 4.69) is 77.3 Å². The number of aryl methyl sites for hydroxylation is 1. The molecule has 0 aliphatic carbocycles. The van der Waals surface area contributed by atoms with Gasteiger partial charge in [-0.1, -0.05) is 87.3 Å². The van der Waals surface area contributed by atoms with Crippen LogP contribution in [0, 0.1) is 29.7 Å². The molecule has 6 aromatic rings. The minimum atomic E-state index is -0.337. The van der Waals surface area contributed by atoms with Gasteiger partial charge < -0.3 is 9.52 Å². The van der Waals surface area contributed by atoms with Gasteiger partial charge in [0.1, 0.15) is 16.9 Å². The summed E-state index contributed by atoms with van der Waals surface area (Å²) in [5, 5.41) is 17.0. The standard InChI is InChI=1S/C30H28NOS2.C15H28O2.Ir/c1-16(2)13-21-17(3)34-24-8-7-20-25-23(32-28(20)26(21)24)9-11-31-27(25)19-14-18-10-12-33-29(18)22(15-19)30(4,5)6;1-7-14(5,8-2)12(16)11-13(17)15(6,9-3)10-4;/h7-12,15-16H,13H2,1-6H3;11,16H,7-10H2,1-6H3;/q-1;;/b;12-11-;. The van der Waals surface area contributed by atoms with Gasteiger partial charge in [-0.05, 0) is 84.2 Å². The molecule has 7 heteroatoms. The number of carbonyl (C=O) groups is 1. The maximum Gasteiger partial charge on any atom is 0.164 e. The Morgan fingerprint density at radius 1 is 0.962 bits per heavy atom. The maximum atomic E-state index is 12.2. The van der Waals surface area contributed by atoms with Crippen LogP contribution in [0.3, 0.4) is 0 Å². The molecule has 1 radical (unpaired) electrons. The third-order valence-corrected chi connectivity index (χ3v) is 13.3. The van der Waals surface area contributed by atoms with E-state index in [1.807, 2.05) is 65.1 Å². The number of aliphatic hydroxyl groups is 1. The number of nitrogens with zero attached hydrogens (tertiary/aromatic N) is 1. The summed E-state index contributed by atoms with van der Waals surface area (Å²) in [5.74, 6) is 0.880. The normalized spacial score (nSPS) is 12.9. The van der Waals surface area contributed by atoms with Crippen molar-refractivity contribution in [1.29, 1.82) is 0 Å². The number of hydrogen-bond acceptors (Lipinski definition) is 6. The molecule has 4 nitrogen and oxygen atoms in total. The van der Waals surface area contributed by atoms with Crippen molar-refractivity contribution in [3.8, 4) is 11.3 Å². The average molecular weight is 915 g/mol. The Bertz CT molecular complexity index is 2220. The van der Waals surface area contributed by atoms with E-state index in [0.717, 1.165) is 70.7 Å². The van der Waals surface area contributed by atoms with Gasteiger partial charge in [0.25, 0.3) is 0 Å². The first-order valence-corrected chi connectivity index (χ1v) is 20.3. The van der Waals surface area contributed by atoms with Crippen LogP contribution in [-0.4, -0.2) is 15.9 Å². The summed E-state index contributed by atoms with van der Waals surface area (Å²) >= 11 is 3.67. The molecule has 2 aromatic carbocycles. The number of allylic oxidation sites excluding steroid dienone is 2. The summed E-state index contributed by atoms with van der Waals surface area (Å²) in [6.45, 7) is 25.7. The summed E-state index contributed by atoms with van der Waals surface area (Å²) in [5.41, 5.74) is 6.07. The van der Waals surface area contributed by atoms with E-state index in [-0.39, 0.29) is 47.9 Å². The fourth-order valence-electron chi connectivity index (χ4n) is 6.77. The van der Waals surface area contributed by atoms with Gasteiger partial charge in [0, 0.05) is 74.6 Å². The summed E-state index contributed by atoms with van der Waals surface area (Å²) < 4.78 is 9.20. The molecule has 0 unspecified atom stereocenters. The minimum absolute atomic E-state index is 0. The second-order valence-corrected chi connectivity index (χ2v) is 18.3. The molecule has 0 aliphatic rings. The molecular formula is C45H56IrNO3S2-. The summed E-state index contributed by atoms with van der Waals surface area (Å²) in [6, 6.07) is 14.6. The van der Waals surface area contributed by atoms with Gasteiger partial charge in [0.2, 0.25) is 0 Å². The van der Waals surface area contributed by atoms with Crippen LogP contribution in [0.25, 0.3) is 53.4 Å². The summed E-state index contributed by atoms with van der Waals surface area (Å²) in [6.07, 6.45) is 7.68. The van der Waals surface area contributed by atoms with Gasteiger partial charge in [-0.15, -0.1) is 34.9 Å². The van der Waals surface area contributed by atoms with E-state index in [4.69, 9.17) is 9.40 Å². The number of rotatable bonds is 10. The molecule has 0 aliphatic heterocycles. The summed E-state index contributed by atoms with van der Waals surface area (Å²) in [4.78, 5) is 18.5. The number of aliphatic hydroxyl groups excluding tert-OH is 1. The molecule has 281 valence electrons. The second kappa shape index (κ2) is 16.3. The Balaban J connectivity index is 0.000000289. The van der Waals surface area contributed by atoms with E-state index < -0.39 is 0 Å². The fourth-order valence-corrected chi connectivity index (χ4v) is 8.94. The van der Waals surface area contributed by atoms with Gasteiger partial charge in [0.05, 0.1) is 0 Å². The largest absolute Gasteiger partial charge is 0.512 e. The second-order valence-electron chi connectivity index (χ2n) is 16.1. The Labute approximate surface area is 332 Å². The predicted octanol–water partition coefficient (Wildman–Crippen LogP) is 14.3. The minimum Gasteiger partial charge on any atom is -0.512 e. The molecule has 4 heterocycles. The average Bonchev–Trinajstić information content (AvgIpc) is 3.81. The van der Waals surface area contributed by atoms with E-state index in [1.54, 1.807) is 11.3 Å². The molecule has 1 N–H and O–H groups in total. The van der Waals surface area contributed by atoms with Crippen molar-refractivity contribution >= 4 is 70.6 Å². The Morgan fingerprint density at radius 2 is 1.62 bits per heavy atom. The smallest absolute Gasteiger partial charge is 0.164 e. The van der Waals surface area contributed by atoms with Crippen LogP contribution < -0.4 is 0 Å². The van der Waals surface area contributed by atoms with Crippen molar-refractivity contribution in [2.45, 2.75) is 121 Å². The number of carbonyl (C=O) groups excluding carboxylic acids is 1. The summed E-state index contributed by atoms with van der Waals surface area (Å²) in [7, 11) is 0. The first-order valence-electron chi connectivity index (χ1n) is 18.6. The Kier molecular flexibility index (Phi) is 13.1. The van der Waals surface area contributed by atoms with Crippen molar-refractivity contribution in [3.63, 3.8) is 0 Å². The Morgan fingerprint density at radius 3 is 2.21 bits per heavy atom. The molecule has 52 heavy (non-hydrogen) atoms. The van der Waals surface area contributed by atoms with Crippen LogP contribution in [0.4, 0.5) is 0 Å². The van der Waals surface area contributed by atoms with Crippen molar-refractivity contribution < 1.29 is 34.4 Å². The van der Waals surface area contributed by atoms with Crippen LogP contribution in [0.15, 0.2) is 58.2 Å². The van der Waals surface area contributed by atoms with Crippen LogP contribution in [0.1, 0.15) is 118 Å². The van der Waals surface area contributed by atoms with Gasteiger partial charge >= 0.3 is 0 Å². The molecule has 0 saturated carbocycles. The first kappa shape index (κ1) is 41.9. The van der Waals surface area contributed by atoms with Gasteiger partial charge in [-0.25, -0.2) is 0 Å². The van der Waals surface area contributed by atoms with Crippen molar-refractivity contribution in [2.75, 3.05) is 0 Å². The zero-order chi connectivity index (χ0) is 37.5. The van der Waals surface area contributed by atoms with E-state index in [1.165, 1.54) is 36.9 Å². The number of pyridine rings is 1. The topological polar surface area (TPSA) is 63.3 Å². The quantitative estimate of drug-likeness (QED) is 0.0845. The number of hydrogen-bond donors (Lipinski definition) is 1. The van der Waals surface area contributed by atoms with Crippen molar-refractivity contribution in [3.05, 3.63) is 75.8 Å². The molecule has 0 bridgehead atoms. The van der Waals surface area contributed by atoms with Crippen molar-refractivity contribution in [1.82, 2.24) is 4.98 Å². The fraction of sp³-hybridized carbons (Fsp3) is 0.467. The zero-order valence-corrected chi connectivity index (χ0v) is 37.1. The number of fused-ring (bicyclic) bond motifs is 6. The SMILES string of the molecule is CCC(C)(CC)C(=O)/C=C(\O)C(C)(CC)CC.Cc1sc2ccc3c(oc4ccnc(-c5[c-]c6ccsc6c(C(C)(C)C)c5)c43)c2c1CC(C)C.[Ir]. The number of thiophene rings is 2. The molecule has 0 saturated heterocycles. The van der Waals surface area contributed by atoms with Crippen LogP contribution >= 0.6 is 22.7 Å². The number of aromatic nitrogens is 1. The Hall–Kier alpha value is -2.83. The molecule has 4 aromatic heterocycles. The molecule has 0 atom stereocenters. The van der Waals surface area contributed by atoms with Crippen LogP contribution in [0.5, 0.6) is 0 Å².